The zero-order valence-corrected chi connectivity index (χ0v) is 9.60. The number of carbonyl (C=O) groups is 1. The first-order chi connectivity index (χ1) is 7.43. The second kappa shape index (κ2) is 6.88. The van der Waals surface area contributed by atoms with Crippen LogP contribution in [0.1, 0.15) is 10.4 Å². The van der Waals surface area contributed by atoms with Gasteiger partial charge in [-0.2, -0.15) is 8.42 Å². The van der Waals surface area contributed by atoms with Crippen LogP contribution in [-0.4, -0.2) is 33.5 Å². The first kappa shape index (κ1) is 14.5. The monoisotopic (exact) mass is 248 g/mol. The number of hydrogen-bond donors (Lipinski definition) is 1. The van der Waals surface area contributed by atoms with Gasteiger partial charge in [-0.1, -0.05) is 0 Å². The fourth-order valence-electron chi connectivity index (χ4n) is 0.577. The molecule has 1 aromatic rings. The second-order valence-electron chi connectivity index (χ2n) is 2.35. The van der Waals surface area contributed by atoms with Crippen LogP contribution in [-0.2, 0) is 18.8 Å². The highest BCUT2D eigenvalue weighted by molar-refractivity contribution is 7.81. The zero-order chi connectivity index (χ0) is 12.6. The van der Waals surface area contributed by atoms with E-state index in [2.05, 4.69) is 13.4 Å². The van der Waals surface area contributed by atoms with Crippen molar-refractivity contribution in [2.24, 2.45) is 5.73 Å². The SMILES string of the molecule is COS(=O)(=O)OC.NC(=O)c1cccnc1. The molecule has 0 aliphatic carbocycles. The average Bonchev–Trinajstić information content (AvgIpc) is 2.31. The van der Waals surface area contributed by atoms with Crippen LogP contribution in [0.25, 0.3) is 0 Å². The lowest BCUT2D eigenvalue weighted by molar-refractivity contribution is 0.1000. The van der Waals surface area contributed by atoms with Crippen LogP contribution >= 0.6 is 0 Å². The molecule has 0 bridgehead atoms. The van der Waals surface area contributed by atoms with Crippen LogP contribution in [0.2, 0.25) is 0 Å². The summed E-state index contributed by atoms with van der Waals surface area (Å²) in [4.78, 5) is 14.1. The molecule has 0 saturated heterocycles. The molecule has 2 N–H and O–H groups in total. The summed E-state index contributed by atoms with van der Waals surface area (Å²) in [7, 11) is -1.60. The van der Waals surface area contributed by atoms with Gasteiger partial charge in [-0.3, -0.25) is 18.1 Å². The number of primary amides is 1. The molecular weight excluding hydrogens is 236 g/mol. The number of nitrogens with two attached hydrogens (primary N) is 1. The Hall–Kier alpha value is -1.51. The Morgan fingerprint density at radius 1 is 1.38 bits per heavy atom. The Morgan fingerprint density at radius 2 is 1.94 bits per heavy atom. The van der Waals surface area contributed by atoms with E-state index in [0.717, 1.165) is 14.2 Å². The van der Waals surface area contributed by atoms with Crippen LogP contribution in [0.3, 0.4) is 0 Å². The van der Waals surface area contributed by atoms with E-state index in [1.165, 1.54) is 6.20 Å². The molecule has 0 fully saturated rings. The molecule has 90 valence electrons. The normalized spacial score (nSPS) is 10.1. The van der Waals surface area contributed by atoms with E-state index >= 15 is 0 Å². The highest BCUT2D eigenvalue weighted by Crippen LogP contribution is 1.91. The highest BCUT2D eigenvalue weighted by atomic mass is 32.3. The van der Waals surface area contributed by atoms with Crippen molar-refractivity contribution >= 4 is 16.3 Å². The molecule has 1 heterocycles. The van der Waals surface area contributed by atoms with Gasteiger partial charge >= 0.3 is 10.4 Å². The molecule has 0 saturated carbocycles. The number of amides is 1. The van der Waals surface area contributed by atoms with E-state index in [9.17, 15) is 13.2 Å². The Labute approximate surface area is 93.5 Å². The molecule has 7 nitrogen and oxygen atoms in total. The largest absolute Gasteiger partial charge is 0.399 e. The second-order valence-corrected chi connectivity index (χ2v) is 3.83. The summed E-state index contributed by atoms with van der Waals surface area (Å²) in [6.45, 7) is 0. The minimum atomic E-state index is -3.66. The van der Waals surface area contributed by atoms with Gasteiger partial charge in [0.25, 0.3) is 0 Å². The molecule has 0 radical (unpaired) electrons. The van der Waals surface area contributed by atoms with Gasteiger partial charge in [-0.15, -0.1) is 0 Å². The van der Waals surface area contributed by atoms with Crippen molar-refractivity contribution in [3.05, 3.63) is 30.1 Å². The fraction of sp³-hybridized carbons (Fsp3) is 0.250. The summed E-state index contributed by atoms with van der Waals surface area (Å²) in [6.07, 6.45) is 3.02. The summed E-state index contributed by atoms with van der Waals surface area (Å²) < 4.78 is 27.5. The van der Waals surface area contributed by atoms with Crippen molar-refractivity contribution in [1.29, 1.82) is 0 Å². The highest BCUT2D eigenvalue weighted by Gasteiger charge is 2.01. The lowest BCUT2D eigenvalue weighted by Crippen LogP contribution is -2.10. The topological polar surface area (TPSA) is 109 Å². The third-order valence-electron chi connectivity index (χ3n) is 1.35. The van der Waals surface area contributed by atoms with Crippen molar-refractivity contribution in [3.63, 3.8) is 0 Å². The molecule has 1 amide bonds. The Morgan fingerprint density at radius 3 is 2.12 bits per heavy atom. The van der Waals surface area contributed by atoms with Gasteiger partial charge < -0.3 is 5.73 Å². The van der Waals surface area contributed by atoms with Gasteiger partial charge in [0, 0.05) is 12.4 Å². The maximum atomic E-state index is 10.4. The molecule has 0 atom stereocenters. The standard InChI is InChI=1S/C6H6N2O.C2H6O4S/c7-6(9)5-2-1-3-8-4-5;1-5-7(3,4)6-2/h1-4H,(H2,7,9);1-2H3. The van der Waals surface area contributed by atoms with Crippen molar-refractivity contribution < 1.29 is 21.6 Å². The maximum absolute atomic E-state index is 10.4. The maximum Gasteiger partial charge on any atom is 0.399 e. The summed E-state index contributed by atoms with van der Waals surface area (Å²) in [5, 5.41) is 0. The Kier molecular flexibility index (Phi) is 6.23. The number of hydrogen-bond acceptors (Lipinski definition) is 6. The van der Waals surface area contributed by atoms with Crippen molar-refractivity contribution in [2.45, 2.75) is 0 Å². The lowest BCUT2D eigenvalue weighted by Gasteiger charge is -1.91. The average molecular weight is 248 g/mol. The molecule has 0 unspecified atom stereocenters. The lowest BCUT2D eigenvalue weighted by atomic mass is 10.3. The fourth-order valence-corrected chi connectivity index (χ4v) is 0.713. The van der Waals surface area contributed by atoms with Crippen molar-refractivity contribution in [2.75, 3.05) is 14.2 Å². The number of nitrogens with zero attached hydrogens (tertiary/aromatic N) is 1. The third-order valence-corrected chi connectivity index (χ3v) is 2.17. The quantitative estimate of drug-likeness (QED) is 0.786. The minimum absolute atomic E-state index is 0.442. The first-order valence-electron chi connectivity index (χ1n) is 3.99. The van der Waals surface area contributed by atoms with Crippen LogP contribution < -0.4 is 5.73 Å². The summed E-state index contributed by atoms with van der Waals surface area (Å²) in [6, 6.07) is 3.29. The van der Waals surface area contributed by atoms with E-state index in [4.69, 9.17) is 5.73 Å². The number of rotatable bonds is 3. The van der Waals surface area contributed by atoms with Crippen molar-refractivity contribution in [1.82, 2.24) is 4.98 Å². The summed E-state index contributed by atoms with van der Waals surface area (Å²) in [5.74, 6) is -0.442. The first-order valence-corrected chi connectivity index (χ1v) is 5.32. The van der Waals surface area contributed by atoms with E-state index in [1.54, 1.807) is 18.3 Å². The molecule has 0 spiro atoms. The van der Waals surface area contributed by atoms with Gasteiger partial charge in [0.1, 0.15) is 0 Å². The molecule has 0 aliphatic heterocycles. The predicted octanol–water partition coefficient (Wildman–Crippen LogP) is -0.295. The molecule has 16 heavy (non-hydrogen) atoms. The minimum Gasteiger partial charge on any atom is -0.366 e. The van der Waals surface area contributed by atoms with Gasteiger partial charge in [-0.05, 0) is 12.1 Å². The summed E-state index contributed by atoms with van der Waals surface area (Å²) in [5.41, 5.74) is 5.38. The van der Waals surface area contributed by atoms with Crippen LogP contribution in [0.5, 0.6) is 0 Å². The van der Waals surface area contributed by atoms with Crippen molar-refractivity contribution in [3.8, 4) is 0 Å². The van der Waals surface area contributed by atoms with E-state index in [1.807, 2.05) is 0 Å². The Balaban J connectivity index is 0.000000293. The molecule has 0 aliphatic rings. The number of carbonyl (C=O) groups excluding carboxylic acids is 1. The van der Waals surface area contributed by atoms with Gasteiger partial charge in [0.15, 0.2) is 0 Å². The molecular formula is C8H12N2O5S. The smallest absolute Gasteiger partial charge is 0.366 e. The van der Waals surface area contributed by atoms with E-state index in [-0.39, 0.29) is 0 Å². The van der Waals surface area contributed by atoms with Crippen LogP contribution in [0.15, 0.2) is 24.5 Å². The van der Waals surface area contributed by atoms with Crippen LogP contribution in [0, 0.1) is 0 Å². The van der Waals surface area contributed by atoms with Crippen LogP contribution in [0.4, 0.5) is 0 Å². The number of pyridine rings is 1. The van der Waals surface area contributed by atoms with Gasteiger partial charge in [-0.25, -0.2) is 0 Å². The van der Waals surface area contributed by atoms with Gasteiger partial charge in [0.05, 0.1) is 19.8 Å². The zero-order valence-electron chi connectivity index (χ0n) is 8.78. The summed E-state index contributed by atoms with van der Waals surface area (Å²) >= 11 is 0. The Bertz CT molecular complexity index is 407. The molecule has 0 aromatic carbocycles. The van der Waals surface area contributed by atoms with E-state index < -0.39 is 16.3 Å². The molecule has 8 heteroatoms. The third kappa shape index (κ3) is 6.06. The molecule has 1 aromatic heterocycles. The van der Waals surface area contributed by atoms with Gasteiger partial charge in [0.2, 0.25) is 5.91 Å². The molecule has 1 rings (SSSR count). The van der Waals surface area contributed by atoms with E-state index in [0.29, 0.717) is 5.56 Å². The number of aromatic nitrogens is 1. The predicted molar refractivity (Wildman–Crippen MR) is 55.7 cm³/mol.